The summed E-state index contributed by atoms with van der Waals surface area (Å²) < 4.78 is 5.14. The summed E-state index contributed by atoms with van der Waals surface area (Å²) in [6.07, 6.45) is 0.235. The zero-order chi connectivity index (χ0) is 13.3. The number of rotatable bonds is 2. The van der Waals surface area contributed by atoms with Crippen molar-refractivity contribution in [3.63, 3.8) is 0 Å². The standard InChI is InChI=1S/C12H9Cl3O3/c13-6-3-8(14)11(9(15)4-6)12(17)7-5-18-2-1-10(7)16/h3-4,7H,1-2,5H2. The lowest BCUT2D eigenvalue weighted by molar-refractivity contribution is -0.128. The molecule has 1 aliphatic heterocycles. The molecule has 6 heteroatoms. The molecule has 0 N–H and O–H groups in total. The van der Waals surface area contributed by atoms with Crippen LogP contribution >= 0.6 is 34.8 Å². The first-order chi connectivity index (χ1) is 8.50. The average Bonchev–Trinajstić information content (AvgIpc) is 2.27. The Morgan fingerprint density at radius 1 is 1.22 bits per heavy atom. The second kappa shape index (κ2) is 5.57. The number of hydrogen-bond acceptors (Lipinski definition) is 3. The SMILES string of the molecule is O=C1CCOCC1C(=O)c1c(Cl)cc(Cl)cc1Cl. The molecular formula is C12H9Cl3O3. The third-order valence-electron chi connectivity index (χ3n) is 2.74. The Morgan fingerprint density at radius 3 is 2.39 bits per heavy atom. The summed E-state index contributed by atoms with van der Waals surface area (Å²) in [5, 5.41) is 0.638. The number of halogens is 3. The van der Waals surface area contributed by atoms with Gasteiger partial charge in [-0.2, -0.15) is 0 Å². The Balaban J connectivity index is 2.36. The predicted octanol–water partition coefficient (Wildman–Crippen LogP) is 3.44. The Bertz CT molecular complexity index is 490. The maximum absolute atomic E-state index is 12.3. The van der Waals surface area contributed by atoms with Crippen LogP contribution in [-0.4, -0.2) is 24.8 Å². The maximum atomic E-state index is 12.3. The first-order valence-corrected chi connectivity index (χ1v) is 6.43. The number of ketones is 2. The molecule has 0 bridgehead atoms. The van der Waals surface area contributed by atoms with Gasteiger partial charge in [-0.05, 0) is 12.1 Å². The van der Waals surface area contributed by atoms with Gasteiger partial charge >= 0.3 is 0 Å². The molecule has 0 spiro atoms. The average molecular weight is 308 g/mol. The highest BCUT2D eigenvalue weighted by atomic mass is 35.5. The normalized spacial score (nSPS) is 19.9. The number of Topliss-reactive ketones (excluding diaryl/α,β-unsaturated/α-hetero) is 2. The summed E-state index contributed by atoms with van der Waals surface area (Å²) in [6.45, 7) is 0.428. The van der Waals surface area contributed by atoms with Crippen LogP contribution < -0.4 is 0 Å². The molecule has 1 saturated heterocycles. The molecule has 0 aromatic heterocycles. The third kappa shape index (κ3) is 2.69. The minimum atomic E-state index is -0.824. The molecular weight excluding hydrogens is 298 g/mol. The van der Waals surface area contributed by atoms with Gasteiger partial charge in [0.15, 0.2) is 5.78 Å². The van der Waals surface area contributed by atoms with Crippen molar-refractivity contribution >= 4 is 46.4 Å². The second-order valence-electron chi connectivity index (χ2n) is 3.95. The Hall–Kier alpha value is -0.610. The summed E-state index contributed by atoms with van der Waals surface area (Å²) in [4.78, 5) is 23.9. The van der Waals surface area contributed by atoms with Crippen molar-refractivity contribution in [2.45, 2.75) is 6.42 Å². The summed E-state index contributed by atoms with van der Waals surface area (Å²) in [7, 11) is 0. The van der Waals surface area contributed by atoms with Crippen LogP contribution in [0.5, 0.6) is 0 Å². The lowest BCUT2D eigenvalue weighted by Gasteiger charge is -2.20. The minimum Gasteiger partial charge on any atom is -0.380 e. The zero-order valence-electron chi connectivity index (χ0n) is 9.21. The number of hydrogen-bond donors (Lipinski definition) is 0. The fourth-order valence-corrected chi connectivity index (χ4v) is 2.82. The number of carbonyl (C=O) groups excluding carboxylic acids is 2. The van der Waals surface area contributed by atoms with E-state index in [2.05, 4.69) is 0 Å². The van der Waals surface area contributed by atoms with Crippen LogP contribution in [0.3, 0.4) is 0 Å². The third-order valence-corrected chi connectivity index (χ3v) is 3.55. The predicted molar refractivity (Wildman–Crippen MR) is 69.7 cm³/mol. The number of ether oxygens (including phenoxy) is 1. The fraction of sp³-hybridized carbons (Fsp3) is 0.333. The van der Waals surface area contributed by atoms with Crippen molar-refractivity contribution in [1.82, 2.24) is 0 Å². The molecule has 1 fully saturated rings. The first kappa shape index (κ1) is 13.8. The molecule has 1 unspecified atom stereocenters. The quantitative estimate of drug-likeness (QED) is 0.621. The Labute approximate surface area is 119 Å². The highest BCUT2D eigenvalue weighted by molar-refractivity contribution is 6.42. The molecule has 0 amide bonds. The van der Waals surface area contributed by atoms with Crippen LogP contribution in [0.2, 0.25) is 15.1 Å². The van der Waals surface area contributed by atoms with Gasteiger partial charge in [-0.25, -0.2) is 0 Å². The van der Waals surface area contributed by atoms with Crippen LogP contribution in [0, 0.1) is 5.92 Å². The first-order valence-electron chi connectivity index (χ1n) is 5.30. The van der Waals surface area contributed by atoms with Crippen LogP contribution in [0.15, 0.2) is 12.1 Å². The van der Waals surface area contributed by atoms with Crippen LogP contribution in [0.25, 0.3) is 0 Å². The van der Waals surface area contributed by atoms with Crippen molar-refractivity contribution in [2.75, 3.05) is 13.2 Å². The van der Waals surface area contributed by atoms with E-state index >= 15 is 0 Å². The van der Waals surface area contributed by atoms with E-state index in [4.69, 9.17) is 39.5 Å². The van der Waals surface area contributed by atoms with E-state index in [1.54, 1.807) is 0 Å². The van der Waals surface area contributed by atoms with Crippen molar-refractivity contribution in [3.05, 3.63) is 32.8 Å². The number of carbonyl (C=O) groups is 2. The molecule has 0 aliphatic carbocycles. The highest BCUT2D eigenvalue weighted by Gasteiger charge is 2.32. The molecule has 3 nitrogen and oxygen atoms in total. The largest absolute Gasteiger partial charge is 0.380 e. The number of benzene rings is 1. The van der Waals surface area contributed by atoms with E-state index < -0.39 is 11.7 Å². The summed E-state index contributed by atoms with van der Waals surface area (Å²) in [6, 6.07) is 2.85. The van der Waals surface area contributed by atoms with Crippen molar-refractivity contribution in [3.8, 4) is 0 Å². The lowest BCUT2D eigenvalue weighted by Crippen LogP contribution is -2.34. The lowest BCUT2D eigenvalue weighted by atomic mass is 9.91. The molecule has 18 heavy (non-hydrogen) atoms. The van der Waals surface area contributed by atoms with Gasteiger partial charge < -0.3 is 4.74 Å². The fourth-order valence-electron chi connectivity index (χ4n) is 1.81. The maximum Gasteiger partial charge on any atom is 0.178 e. The molecule has 1 heterocycles. The van der Waals surface area contributed by atoms with Gasteiger partial charge in [0, 0.05) is 11.4 Å². The molecule has 1 aromatic carbocycles. The minimum absolute atomic E-state index is 0.0763. The summed E-state index contributed by atoms with van der Waals surface area (Å²) >= 11 is 17.7. The zero-order valence-corrected chi connectivity index (χ0v) is 11.5. The molecule has 0 saturated carbocycles. The molecule has 1 aromatic rings. The van der Waals surface area contributed by atoms with Gasteiger partial charge in [0.05, 0.1) is 28.8 Å². The Kier molecular flexibility index (Phi) is 4.28. The van der Waals surface area contributed by atoms with E-state index in [9.17, 15) is 9.59 Å². The van der Waals surface area contributed by atoms with Gasteiger partial charge in [0.2, 0.25) is 0 Å². The smallest absolute Gasteiger partial charge is 0.178 e. The van der Waals surface area contributed by atoms with Crippen LogP contribution in [0.4, 0.5) is 0 Å². The van der Waals surface area contributed by atoms with E-state index in [1.165, 1.54) is 12.1 Å². The molecule has 1 atom stereocenters. The second-order valence-corrected chi connectivity index (χ2v) is 5.20. The van der Waals surface area contributed by atoms with Gasteiger partial charge in [-0.1, -0.05) is 34.8 Å². The summed E-state index contributed by atoms with van der Waals surface area (Å²) in [5.74, 6) is -1.38. The van der Waals surface area contributed by atoms with Crippen LogP contribution in [0.1, 0.15) is 16.8 Å². The van der Waals surface area contributed by atoms with Gasteiger partial charge in [0.1, 0.15) is 11.7 Å². The van der Waals surface area contributed by atoms with Gasteiger partial charge in [-0.15, -0.1) is 0 Å². The van der Waals surface area contributed by atoms with Crippen LogP contribution in [-0.2, 0) is 9.53 Å². The van der Waals surface area contributed by atoms with E-state index in [1.807, 2.05) is 0 Å². The van der Waals surface area contributed by atoms with E-state index in [0.717, 1.165) is 0 Å². The van der Waals surface area contributed by atoms with Crippen molar-refractivity contribution < 1.29 is 14.3 Å². The molecule has 2 rings (SSSR count). The Morgan fingerprint density at radius 2 is 1.83 bits per heavy atom. The molecule has 1 aliphatic rings. The highest BCUT2D eigenvalue weighted by Crippen LogP contribution is 2.31. The monoisotopic (exact) mass is 306 g/mol. The molecule has 0 radical (unpaired) electrons. The van der Waals surface area contributed by atoms with Gasteiger partial charge in [0.25, 0.3) is 0 Å². The topological polar surface area (TPSA) is 43.4 Å². The molecule has 96 valence electrons. The van der Waals surface area contributed by atoms with Crippen molar-refractivity contribution in [1.29, 1.82) is 0 Å². The van der Waals surface area contributed by atoms with Gasteiger partial charge in [-0.3, -0.25) is 9.59 Å². The van der Waals surface area contributed by atoms with E-state index in [0.29, 0.717) is 11.6 Å². The van der Waals surface area contributed by atoms with Crippen molar-refractivity contribution in [2.24, 2.45) is 5.92 Å². The summed E-state index contributed by atoms with van der Waals surface area (Å²) in [5.41, 5.74) is 0.131. The van der Waals surface area contributed by atoms with E-state index in [-0.39, 0.29) is 34.4 Å².